The van der Waals surface area contributed by atoms with Gasteiger partial charge in [-0.05, 0) is 63.1 Å². The number of nitrogens with zero attached hydrogens (tertiary/aromatic N) is 1. The molecular weight excluding hydrogens is 469 g/mol. The first-order chi connectivity index (χ1) is 13.2. The molecule has 0 bridgehead atoms. The molecule has 0 spiro atoms. The van der Waals surface area contributed by atoms with Crippen LogP contribution in [0, 0.1) is 0 Å². The van der Waals surface area contributed by atoms with E-state index in [1.807, 2.05) is 50.2 Å². The Morgan fingerprint density at radius 2 is 2.07 bits per heavy atom. The standard InChI is InChI=1S/C21H29N3O3.HI/c1-16(2)27-19-9-7-17(8-10-19)24-21(23-15-20-6-4-14-26-20)22-12-11-18-5-3-13-25-18;/h3,5,7-10,13,16,20H,4,6,11-12,14-15H2,1-2H3,(H2,22,23,24);1H. The van der Waals surface area contributed by atoms with Gasteiger partial charge in [-0.1, -0.05) is 0 Å². The van der Waals surface area contributed by atoms with E-state index in [0.29, 0.717) is 6.54 Å². The minimum Gasteiger partial charge on any atom is -0.491 e. The Morgan fingerprint density at radius 3 is 2.71 bits per heavy atom. The van der Waals surface area contributed by atoms with Gasteiger partial charge in [-0.2, -0.15) is 0 Å². The average Bonchev–Trinajstić information content (AvgIpc) is 3.34. The van der Waals surface area contributed by atoms with E-state index in [9.17, 15) is 0 Å². The van der Waals surface area contributed by atoms with Gasteiger partial charge in [0.15, 0.2) is 5.96 Å². The number of hydrogen-bond acceptors (Lipinski definition) is 4. The second-order valence-corrected chi connectivity index (χ2v) is 6.90. The Kier molecular flexibility index (Phi) is 9.63. The minimum absolute atomic E-state index is 0. The quantitative estimate of drug-likeness (QED) is 0.319. The van der Waals surface area contributed by atoms with E-state index in [1.165, 1.54) is 0 Å². The molecule has 2 aromatic rings. The van der Waals surface area contributed by atoms with Gasteiger partial charge in [-0.3, -0.25) is 4.99 Å². The van der Waals surface area contributed by atoms with Crippen LogP contribution in [-0.4, -0.2) is 37.9 Å². The summed E-state index contributed by atoms with van der Waals surface area (Å²) in [5.41, 5.74) is 0.961. The third-order valence-corrected chi connectivity index (χ3v) is 4.21. The van der Waals surface area contributed by atoms with Crippen molar-refractivity contribution in [3.8, 4) is 5.75 Å². The van der Waals surface area contributed by atoms with Gasteiger partial charge in [0.2, 0.25) is 0 Å². The molecule has 0 amide bonds. The molecule has 2 heterocycles. The van der Waals surface area contributed by atoms with Crippen molar-refractivity contribution >= 4 is 35.6 Å². The summed E-state index contributed by atoms with van der Waals surface area (Å²) < 4.78 is 16.8. The zero-order chi connectivity index (χ0) is 18.9. The second kappa shape index (κ2) is 12.0. The Bertz CT molecular complexity index is 696. The molecule has 0 saturated carbocycles. The molecule has 0 aliphatic carbocycles. The average molecular weight is 499 g/mol. The van der Waals surface area contributed by atoms with E-state index in [-0.39, 0.29) is 36.2 Å². The molecule has 1 aliphatic rings. The SMILES string of the molecule is CC(C)Oc1ccc(NC(=NCC2CCCO2)NCCc2ccco2)cc1.I. The highest BCUT2D eigenvalue weighted by molar-refractivity contribution is 14.0. The number of benzene rings is 1. The lowest BCUT2D eigenvalue weighted by Gasteiger charge is -2.15. The maximum atomic E-state index is 5.69. The number of ether oxygens (including phenoxy) is 2. The summed E-state index contributed by atoms with van der Waals surface area (Å²) in [6.07, 6.45) is 5.07. The zero-order valence-corrected chi connectivity index (χ0v) is 18.8. The Hall–Kier alpha value is -1.74. The number of furan rings is 1. The van der Waals surface area contributed by atoms with E-state index in [2.05, 4.69) is 10.6 Å². The first-order valence-electron chi connectivity index (χ1n) is 9.65. The van der Waals surface area contributed by atoms with Crippen LogP contribution in [-0.2, 0) is 11.2 Å². The van der Waals surface area contributed by atoms with E-state index in [0.717, 1.165) is 55.6 Å². The molecule has 1 unspecified atom stereocenters. The number of guanidine groups is 1. The van der Waals surface area contributed by atoms with Crippen molar-refractivity contribution in [2.24, 2.45) is 4.99 Å². The maximum Gasteiger partial charge on any atom is 0.195 e. The Labute approximate surface area is 184 Å². The van der Waals surface area contributed by atoms with Gasteiger partial charge in [0.05, 0.1) is 25.0 Å². The van der Waals surface area contributed by atoms with Crippen molar-refractivity contribution in [3.05, 3.63) is 48.4 Å². The summed E-state index contributed by atoms with van der Waals surface area (Å²) >= 11 is 0. The van der Waals surface area contributed by atoms with E-state index in [4.69, 9.17) is 18.9 Å². The van der Waals surface area contributed by atoms with Crippen LogP contribution in [0.5, 0.6) is 5.75 Å². The lowest BCUT2D eigenvalue weighted by Crippen LogP contribution is -2.33. The van der Waals surface area contributed by atoms with Gasteiger partial charge >= 0.3 is 0 Å². The largest absolute Gasteiger partial charge is 0.491 e. The smallest absolute Gasteiger partial charge is 0.195 e. The number of halogens is 1. The Morgan fingerprint density at radius 1 is 1.25 bits per heavy atom. The van der Waals surface area contributed by atoms with Crippen molar-refractivity contribution in [1.82, 2.24) is 5.32 Å². The van der Waals surface area contributed by atoms with Crippen LogP contribution in [0.15, 0.2) is 52.1 Å². The van der Waals surface area contributed by atoms with E-state index >= 15 is 0 Å². The van der Waals surface area contributed by atoms with Gasteiger partial charge < -0.3 is 24.5 Å². The first kappa shape index (κ1) is 22.5. The monoisotopic (exact) mass is 499 g/mol. The van der Waals surface area contributed by atoms with Crippen LogP contribution < -0.4 is 15.4 Å². The number of rotatable bonds is 8. The predicted octanol–water partition coefficient (Wildman–Crippen LogP) is 4.46. The molecule has 7 heteroatoms. The molecule has 28 heavy (non-hydrogen) atoms. The fourth-order valence-corrected chi connectivity index (χ4v) is 2.91. The predicted molar refractivity (Wildman–Crippen MR) is 123 cm³/mol. The molecule has 1 aromatic carbocycles. The molecule has 1 fully saturated rings. The van der Waals surface area contributed by atoms with Crippen LogP contribution in [0.25, 0.3) is 0 Å². The normalized spacial score (nSPS) is 16.7. The summed E-state index contributed by atoms with van der Waals surface area (Å²) in [5.74, 6) is 2.56. The molecule has 6 nitrogen and oxygen atoms in total. The summed E-state index contributed by atoms with van der Waals surface area (Å²) in [6.45, 7) is 6.27. The van der Waals surface area contributed by atoms with Crippen LogP contribution in [0.3, 0.4) is 0 Å². The summed E-state index contributed by atoms with van der Waals surface area (Å²) in [5, 5.41) is 6.73. The number of aliphatic imine (C=N–C) groups is 1. The van der Waals surface area contributed by atoms with Gasteiger partial charge in [-0.15, -0.1) is 24.0 Å². The summed E-state index contributed by atoms with van der Waals surface area (Å²) in [7, 11) is 0. The van der Waals surface area contributed by atoms with Gasteiger partial charge in [0.1, 0.15) is 11.5 Å². The molecule has 2 N–H and O–H groups in total. The highest BCUT2D eigenvalue weighted by Crippen LogP contribution is 2.17. The second-order valence-electron chi connectivity index (χ2n) is 6.90. The van der Waals surface area contributed by atoms with Crippen molar-refractivity contribution in [1.29, 1.82) is 0 Å². The highest BCUT2D eigenvalue weighted by Gasteiger charge is 2.15. The maximum absolute atomic E-state index is 5.69. The fraction of sp³-hybridized carbons (Fsp3) is 0.476. The molecular formula is C21H30IN3O3. The third kappa shape index (κ3) is 7.71. The summed E-state index contributed by atoms with van der Waals surface area (Å²) in [6, 6.07) is 11.8. The van der Waals surface area contributed by atoms with Crippen molar-refractivity contribution in [2.45, 2.75) is 45.3 Å². The highest BCUT2D eigenvalue weighted by atomic mass is 127. The van der Waals surface area contributed by atoms with E-state index in [1.54, 1.807) is 6.26 Å². The molecule has 1 aromatic heterocycles. The molecule has 154 valence electrons. The van der Waals surface area contributed by atoms with Gasteiger partial charge in [0.25, 0.3) is 0 Å². The number of hydrogen-bond donors (Lipinski definition) is 2. The zero-order valence-electron chi connectivity index (χ0n) is 16.5. The summed E-state index contributed by atoms with van der Waals surface area (Å²) in [4.78, 5) is 4.70. The Balaban J connectivity index is 0.00000280. The lowest BCUT2D eigenvalue weighted by atomic mass is 10.2. The molecule has 1 aliphatic heterocycles. The first-order valence-corrected chi connectivity index (χ1v) is 9.65. The van der Waals surface area contributed by atoms with Crippen molar-refractivity contribution in [3.63, 3.8) is 0 Å². The molecule has 1 atom stereocenters. The molecule has 1 saturated heterocycles. The van der Waals surface area contributed by atoms with Crippen LogP contribution in [0.2, 0.25) is 0 Å². The van der Waals surface area contributed by atoms with Crippen molar-refractivity contribution in [2.75, 3.05) is 25.0 Å². The minimum atomic E-state index is 0. The van der Waals surface area contributed by atoms with Gasteiger partial charge in [0, 0.05) is 25.3 Å². The number of anilines is 1. The van der Waals surface area contributed by atoms with Crippen LogP contribution in [0.1, 0.15) is 32.4 Å². The third-order valence-electron chi connectivity index (χ3n) is 4.21. The molecule has 0 radical (unpaired) electrons. The molecule has 3 rings (SSSR count). The van der Waals surface area contributed by atoms with Gasteiger partial charge in [-0.25, -0.2) is 0 Å². The number of nitrogens with one attached hydrogen (secondary N) is 2. The van der Waals surface area contributed by atoms with Crippen molar-refractivity contribution < 1.29 is 13.9 Å². The van der Waals surface area contributed by atoms with Crippen LogP contribution in [0.4, 0.5) is 5.69 Å². The fourth-order valence-electron chi connectivity index (χ4n) is 2.91. The topological polar surface area (TPSA) is 68.0 Å². The van der Waals surface area contributed by atoms with Crippen LogP contribution >= 0.6 is 24.0 Å². The lowest BCUT2D eigenvalue weighted by molar-refractivity contribution is 0.118. The van der Waals surface area contributed by atoms with E-state index < -0.39 is 0 Å².